The first-order valence-electron chi connectivity index (χ1n) is 11.6. The molecule has 0 radical (unpaired) electrons. The molecule has 2 heterocycles. The van der Waals surface area contributed by atoms with Gasteiger partial charge in [-0.1, -0.05) is 12.1 Å². The maximum Gasteiger partial charge on any atom is 0.264 e. The van der Waals surface area contributed by atoms with Gasteiger partial charge in [0.15, 0.2) is 11.6 Å². The van der Waals surface area contributed by atoms with E-state index < -0.39 is 41.4 Å². The second-order valence-corrected chi connectivity index (χ2v) is 8.47. The molecule has 0 spiro atoms. The van der Waals surface area contributed by atoms with Crippen molar-refractivity contribution in [2.45, 2.75) is 25.3 Å². The molecule has 5 amide bonds. The minimum Gasteiger partial charge on any atom is -0.488 e. The molecule has 1 unspecified atom stereocenters. The number of anilines is 1. The molecule has 0 saturated carbocycles. The van der Waals surface area contributed by atoms with Gasteiger partial charge < -0.3 is 20.5 Å². The summed E-state index contributed by atoms with van der Waals surface area (Å²) in [5.74, 6) is -3.41. The maximum absolute atomic E-state index is 13.9. The number of primary amides is 1. The van der Waals surface area contributed by atoms with Gasteiger partial charge in [-0.15, -0.1) is 0 Å². The second kappa shape index (κ2) is 11.2. The third kappa shape index (κ3) is 5.75. The number of nitrogens with one attached hydrogen (secondary N) is 2. The van der Waals surface area contributed by atoms with Gasteiger partial charge in [-0.05, 0) is 36.2 Å². The zero-order chi connectivity index (χ0) is 26.5. The Morgan fingerprint density at radius 1 is 1.11 bits per heavy atom. The van der Waals surface area contributed by atoms with Crippen molar-refractivity contribution in [3.63, 3.8) is 0 Å². The normalized spacial score (nSPS) is 17.0. The van der Waals surface area contributed by atoms with Crippen LogP contribution in [0.4, 0.5) is 10.1 Å². The summed E-state index contributed by atoms with van der Waals surface area (Å²) in [6.45, 7) is 0.718. The molecule has 0 aliphatic carbocycles. The molecule has 1 saturated heterocycles. The van der Waals surface area contributed by atoms with E-state index in [4.69, 9.17) is 15.2 Å². The fourth-order valence-electron chi connectivity index (χ4n) is 4.20. The molecule has 0 aromatic heterocycles. The van der Waals surface area contributed by atoms with Crippen LogP contribution in [0.5, 0.6) is 5.75 Å². The van der Waals surface area contributed by atoms with Crippen LogP contribution in [0.2, 0.25) is 0 Å². The molecule has 2 aromatic carbocycles. The number of halogens is 1. The van der Waals surface area contributed by atoms with Crippen LogP contribution in [-0.4, -0.2) is 66.8 Å². The average molecular weight is 512 g/mol. The highest BCUT2D eigenvalue weighted by Gasteiger charge is 2.45. The number of nitrogens with two attached hydrogens (primary N) is 1. The fraction of sp³-hybridized carbons (Fsp3) is 0.320. The van der Waals surface area contributed by atoms with Crippen LogP contribution in [0.15, 0.2) is 36.4 Å². The van der Waals surface area contributed by atoms with Gasteiger partial charge in [0.05, 0.1) is 30.8 Å². The van der Waals surface area contributed by atoms with Gasteiger partial charge >= 0.3 is 0 Å². The van der Waals surface area contributed by atoms with E-state index >= 15 is 0 Å². The molecule has 1 fully saturated rings. The lowest BCUT2D eigenvalue weighted by molar-refractivity contribution is -0.136. The van der Waals surface area contributed by atoms with Crippen LogP contribution < -0.4 is 21.1 Å². The largest absolute Gasteiger partial charge is 0.488 e. The zero-order valence-corrected chi connectivity index (χ0v) is 19.8. The molecule has 1 atom stereocenters. The van der Waals surface area contributed by atoms with Crippen LogP contribution in [0, 0.1) is 5.82 Å². The summed E-state index contributed by atoms with van der Waals surface area (Å²) in [4.78, 5) is 61.5. The molecular weight excluding hydrogens is 487 g/mol. The first-order chi connectivity index (χ1) is 17.8. The number of benzene rings is 2. The van der Waals surface area contributed by atoms with Crippen LogP contribution in [0.25, 0.3) is 0 Å². The number of carbonyl (C=O) groups excluding carboxylic acids is 5. The van der Waals surface area contributed by atoms with Gasteiger partial charge in [0.25, 0.3) is 11.8 Å². The molecule has 37 heavy (non-hydrogen) atoms. The van der Waals surface area contributed by atoms with E-state index in [1.54, 1.807) is 12.1 Å². The van der Waals surface area contributed by atoms with Crippen molar-refractivity contribution in [3.05, 3.63) is 58.9 Å². The van der Waals surface area contributed by atoms with Crippen LogP contribution in [-0.2, 0) is 25.5 Å². The van der Waals surface area contributed by atoms with Crippen molar-refractivity contribution in [1.29, 1.82) is 0 Å². The van der Waals surface area contributed by atoms with E-state index in [0.717, 1.165) is 4.90 Å². The molecule has 4 N–H and O–H groups in total. The van der Waals surface area contributed by atoms with Gasteiger partial charge in [-0.25, -0.2) is 4.39 Å². The number of hydrogen-bond donors (Lipinski definition) is 3. The Morgan fingerprint density at radius 3 is 2.68 bits per heavy atom. The Balaban J connectivity index is 1.27. The van der Waals surface area contributed by atoms with Crippen LogP contribution in [0.3, 0.4) is 0 Å². The zero-order valence-electron chi connectivity index (χ0n) is 19.8. The predicted molar refractivity (Wildman–Crippen MR) is 127 cm³/mol. The van der Waals surface area contributed by atoms with Crippen LogP contribution in [0.1, 0.15) is 39.1 Å². The third-order valence-electron chi connectivity index (χ3n) is 5.89. The van der Waals surface area contributed by atoms with Crippen molar-refractivity contribution in [2.75, 3.05) is 31.7 Å². The topological polar surface area (TPSA) is 157 Å². The summed E-state index contributed by atoms with van der Waals surface area (Å²) in [7, 11) is 0. The van der Waals surface area contributed by atoms with E-state index in [0.29, 0.717) is 17.8 Å². The standard InChI is InChI=1S/C25H25FN4O7/c26-16-5-4-14(13-20(27)31)12-19(16)37-11-10-36-9-8-28-17-3-1-2-15-22(17)25(35)30(24(15)34)18-6-7-21(32)29-23(18)33/h1-5,12,18,28H,6-11,13H2,(H2,27,31)(H,29,32,33). The Bertz CT molecular complexity index is 1270. The van der Waals surface area contributed by atoms with Gasteiger partial charge in [0.2, 0.25) is 17.7 Å². The Morgan fingerprint density at radius 2 is 1.92 bits per heavy atom. The molecule has 12 heteroatoms. The summed E-state index contributed by atoms with van der Waals surface area (Å²) < 4.78 is 24.8. The molecular formula is C25H25FN4O7. The highest BCUT2D eigenvalue weighted by Crippen LogP contribution is 2.32. The van der Waals surface area contributed by atoms with E-state index in [9.17, 15) is 28.4 Å². The van der Waals surface area contributed by atoms with Crippen LogP contribution >= 0.6 is 0 Å². The number of imide groups is 2. The second-order valence-electron chi connectivity index (χ2n) is 8.47. The number of carbonyl (C=O) groups is 5. The molecule has 4 rings (SSSR count). The summed E-state index contributed by atoms with van der Waals surface area (Å²) in [6, 6.07) is 7.80. The van der Waals surface area contributed by atoms with E-state index in [-0.39, 0.29) is 56.0 Å². The van der Waals surface area contributed by atoms with Crippen molar-refractivity contribution < 1.29 is 37.8 Å². The summed E-state index contributed by atoms with van der Waals surface area (Å²) in [5, 5.41) is 5.22. The van der Waals surface area contributed by atoms with Crippen molar-refractivity contribution in [3.8, 4) is 5.75 Å². The van der Waals surface area contributed by atoms with Crippen molar-refractivity contribution >= 4 is 35.2 Å². The third-order valence-corrected chi connectivity index (χ3v) is 5.89. The maximum atomic E-state index is 13.9. The lowest BCUT2D eigenvalue weighted by Gasteiger charge is -2.27. The van der Waals surface area contributed by atoms with E-state index in [1.165, 1.54) is 24.3 Å². The molecule has 2 aliphatic rings. The molecule has 0 bridgehead atoms. The van der Waals surface area contributed by atoms with Crippen molar-refractivity contribution in [2.24, 2.45) is 5.73 Å². The monoisotopic (exact) mass is 512 g/mol. The number of hydrogen-bond acceptors (Lipinski definition) is 8. The quantitative estimate of drug-likeness (QED) is 0.294. The van der Waals surface area contributed by atoms with Gasteiger partial charge in [-0.2, -0.15) is 0 Å². The smallest absolute Gasteiger partial charge is 0.264 e. The summed E-state index contributed by atoms with van der Waals surface area (Å²) >= 11 is 0. The Kier molecular flexibility index (Phi) is 7.77. The average Bonchev–Trinajstić information content (AvgIpc) is 3.10. The SMILES string of the molecule is NC(=O)Cc1ccc(F)c(OCCOCCNc2cccc3c2C(=O)N(C2CCC(=O)NC2=O)C3=O)c1. The highest BCUT2D eigenvalue weighted by atomic mass is 19.1. The van der Waals surface area contributed by atoms with E-state index in [1.807, 2.05) is 0 Å². The number of amides is 5. The highest BCUT2D eigenvalue weighted by molar-refractivity contribution is 6.25. The number of rotatable bonds is 11. The molecule has 2 aromatic rings. The number of nitrogens with zero attached hydrogens (tertiary/aromatic N) is 1. The van der Waals surface area contributed by atoms with Gasteiger partial charge in [0.1, 0.15) is 12.6 Å². The van der Waals surface area contributed by atoms with Gasteiger partial charge in [-0.3, -0.25) is 34.2 Å². The Labute approximate surface area is 211 Å². The fourth-order valence-corrected chi connectivity index (χ4v) is 4.20. The summed E-state index contributed by atoms with van der Waals surface area (Å²) in [5.41, 5.74) is 6.44. The lowest BCUT2D eigenvalue weighted by Crippen LogP contribution is -2.54. The Hall–Kier alpha value is -4.32. The number of piperidine rings is 1. The lowest BCUT2D eigenvalue weighted by atomic mass is 10.0. The first kappa shape index (κ1) is 25.8. The minimum absolute atomic E-state index is 0.0101. The van der Waals surface area contributed by atoms with E-state index in [2.05, 4.69) is 10.6 Å². The number of fused-ring (bicyclic) bond motifs is 1. The summed E-state index contributed by atoms with van der Waals surface area (Å²) in [6.07, 6.45) is 0.0942. The number of ether oxygens (including phenoxy) is 2. The molecule has 11 nitrogen and oxygen atoms in total. The molecule has 194 valence electrons. The van der Waals surface area contributed by atoms with Gasteiger partial charge in [0, 0.05) is 18.7 Å². The predicted octanol–water partition coefficient (Wildman–Crippen LogP) is 0.762. The van der Waals surface area contributed by atoms with Crippen molar-refractivity contribution in [1.82, 2.24) is 10.2 Å². The first-order valence-corrected chi connectivity index (χ1v) is 11.6. The minimum atomic E-state index is -1.04. The molecule has 2 aliphatic heterocycles.